The smallest absolute Gasteiger partial charge is 0.0582 e. The highest BCUT2D eigenvalue weighted by Crippen LogP contribution is 2.67. The number of allylic oxidation sites excluding steroid dienone is 1. The molecule has 1 nitrogen and oxygen atoms in total. The van der Waals surface area contributed by atoms with Crippen LogP contribution >= 0.6 is 0 Å². The Morgan fingerprint density at radius 2 is 1.82 bits per heavy atom. The van der Waals surface area contributed by atoms with Crippen molar-refractivity contribution in [2.75, 3.05) is 0 Å². The highest BCUT2D eigenvalue weighted by molar-refractivity contribution is 5.13. The maximum absolute atomic E-state index is 10.9. The van der Waals surface area contributed by atoms with E-state index in [2.05, 4.69) is 26.5 Å². The molecule has 4 saturated carbocycles. The van der Waals surface area contributed by atoms with Gasteiger partial charge in [-0.1, -0.05) is 32.8 Å². The van der Waals surface area contributed by atoms with E-state index in [-0.39, 0.29) is 6.10 Å². The summed E-state index contributed by atoms with van der Waals surface area (Å²) in [5.74, 6) is 3.70. The molecule has 0 aromatic carbocycles. The summed E-state index contributed by atoms with van der Waals surface area (Å²) >= 11 is 0. The van der Waals surface area contributed by atoms with E-state index in [4.69, 9.17) is 0 Å². The normalized spacial score (nSPS) is 57.6. The van der Waals surface area contributed by atoms with E-state index in [9.17, 15) is 5.11 Å². The molecule has 8 atom stereocenters. The van der Waals surface area contributed by atoms with Gasteiger partial charge in [0.15, 0.2) is 0 Å². The Morgan fingerprint density at radius 3 is 2.59 bits per heavy atom. The third-order valence-electron chi connectivity index (χ3n) is 8.92. The Bertz CT molecular complexity index is 457. The van der Waals surface area contributed by atoms with Crippen molar-refractivity contribution in [1.29, 1.82) is 0 Å². The van der Waals surface area contributed by atoms with Gasteiger partial charge in [-0.25, -0.2) is 0 Å². The van der Waals surface area contributed by atoms with Crippen LogP contribution in [-0.2, 0) is 0 Å². The maximum Gasteiger partial charge on any atom is 0.0582 e. The van der Waals surface area contributed by atoms with Crippen LogP contribution in [-0.4, -0.2) is 11.2 Å². The van der Waals surface area contributed by atoms with Crippen LogP contribution in [0.4, 0.5) is 0 Å². The molecule has 0 aromatic heterocycles. The third-order valence-corrected chi connectivity index (χ3v) is 8.92. The van der Waals surface area contributed by atoms with Crippen molar-refractivity contribution >= 4 is 0 Å². The maximum atomic E-state index is 10.9. The van der Waals surface area contributed by atoms with Crippen LogP contribution in [0.5, 0.6) is 0 Å². The standard InChI is InChI=1S/C21H34O/c1-4-14-13-18(22)19-16-9-8-15-7-5-6-11-20(15,2)17(16)10-12-21(14,19)3/h4,14-19,22H,1,5-13H2,2-3H3/t14-,15?,16+,17-,18?,19+,20-,21+/m0/s1. The number of aliphatic hydroxyl groups excluding tert-OH is 1. The van der Waals surface area contributed by atoms with Gasteiger partial charge in [0.2, 0.25) is 0 Å². The van der Waals surface area contributed by atoms with Gasteiger partial charge in [0.25, 0.3) is 0 Å². The Hall–Kier alpha value is -0.300. The molecule has 0 heterocycles. The lowest BCUT2D eigenvalue weighted by Gasteiger charge is -2.60. The fourth-order valence-corrected chi connectivity index (χ4v) is 7.77. The van der Waals surface area contributed by atoms with Gasteiger partial charge in [-0.15, -0.1) is 6.58 Å². The van der Waals surface area contributed by atoms with Gasteiger partial charge in [-0.2, -0.15) is 0 Å². The molecule has 0 bridgehead atoms. The van der Waals surface area contributed by atoms with Crippen molar-refractivity contribution in [2.45, 2.75) is 77.7 Å². The monoisotopic (exact) mass is 302 g/mol. The zero-order valence-electron chi connectivity index (χ0n) is 14.6. The molecule has 4 aliphatic rings. The predicted molar refractivity (Wildman–Crippen MR) is 91.4 cm³/mol. The van der Waals surface area contributed by atoms with Crippen LogP contribution in [0.3, 0.4) is 0 Å². The molecule has 0 saturated heterocycles. The summed E-state index contributed by atoms with van der Waals surface area (Å²) in [5.41, 5.74) is 0.897. The first-order valence-electron chi connectivity index (χ1n) is 9.81. The van der Waals surface area contributed by atoms with Crippen LogP contribution < -0.4 is 0 Å². The third kappa shape index (κ3) is 1.87. The molecule has 22 heavy (non-hydrogen) atoms. The summed E-state index contributed by atoms with van der Waals surface area (Å²) in [6.07, 6.45) is 14.4. The van der Waals surface area contributed by atoms with E-state index >= 15 is 0 Å². The van der Waals surface area contributed by atoms with Gasteiger partial charge < -0.3 is 5.11 Å². The fraction of sp³-hybridized carbons (Fsp3) is 0.905. The average molecular weight is 303 g/mol. The molecule has 0 spiro atoms. The van der Waals surface area contributed by atoms with Crippen molar-refractivity contribution in [3.8, 4) is 0 Å². The molecule has 0 aliphatic heterocycles. The molecule has 124 valence electrons. The average Bonchev–Trinajstić information content (AvgIpc) is 2.77. The predicted octanol–water partition coefficient (Wildman–Crippen LogP) is 5.19. The second-order valence-electron chi connectivity index (χ2n) is 9.51. The fourth-order valence-electron chi connectivity index (χ4n) is 7.77. The number of hydrogen-bond acceptors (Lipinski definition) is 1. The largest absolute Gasteiger partial charge is 0.393 e. The number of aliphatic hydroxyl groups is 1. The quantitative estimate of drug-likeness (QED) is 0.661. The van der Waals surface area contributed by atoms with E-state index < -0.39 is 0 Å². The van der Waals surface area contributed by atoms with Crippen molar-refractivity contribution in [3.63, 3.8) is 0 Å². The van der Waals surface area contributed by atoms with Crippen molar-refractivity contribution in [2.24, 2.45) is 40.4 Å². The van der Waals surface area contributed by atoms with Gasteiger partial charge in [-0.05, 0) is 85.4 Å². The van der Waals surface area contributed by atoms with Crippen LogP contribution in [0.15, 0.2) is 12.7 Å². The summed E-state index contributed by atoms with van der Waals surface area (Å²) in [6.45, 7) is 9.16. The van der Waals surface area contributed by atoms with E-state index in [0.29, 0.717) is 22.7 Å². The highest BCUT2D eigenvalue weighted by Gasteiger charge is 2.61. The summed E-state index contributed by atoms with van der Waals surface area (Å²) in [7, 11) is 0. The zero-order chi connectivity index (χ0) is 15.5. The lowest BCUT2D eigenvalue weighted by Crippen LogP contribution is -2.54. The van der Waals surface area contributed by atoms with Gasteiger partial charge in [0.1, 0.15) is 0 Å². The molecule has 1 N–H and O–H groups in total. The van der Waals surface area contributed by atoms with Crippen LogP contribution in [0, 0.1) is 40.4 Å². The Balaban J connectivity index is 1.67. The van der Waals surface area contributed by atoms with E-state index in [1.165, 1.54) is 51.4 Å². The SMILES string of the molecule is C=C[C@H]1CC(O)[C@H]2[C@@H]3CCC4CCCC[C@]4(C)[C@H]3CC[C@]12C. The molecule has 4 rings (SSSR count). The molecular weight excluding hydrogens is 268 g/mol. The first-order valence-corrected chi connectivity index (χ1v) is 9.81. The highest BCUT2D eigenvalue weighted by atomic mass is 16.3. The second kappa shape index (κ2) is 5.10. The molecule has 0 aromatic rings. The molecule has 4 fully saturated rings. The number of hydrogen-bond donors (Lipinski definition) is 1. The molecule has 1 heteroatoms. The zero-order valence-corrected chi connectivity index (χ0v) is 14.6. The summed E-state index contributed by atoms with van der Waals surface area (Å²) in [4.78, 5) is 0. The van der Waals surface area contributed by atoms with E-state index in [1.807, 2.05) is 0 Å². The van der Waals surface area contributed by atoms with Crippen molar-refractivity contribution < 1.29 is 5.11 Å². The lowest BCUT2D eigenvalue weighted by molar-refractivity contribution is -0.125. The minimum absolute atomic E-state index is 0.0791. The lowest BCUT2D eigenvalue weighted by atomic mass is 9.44. The Kier molecular flexibility index (Phi) is 3.53. The molecule has 0 amide bonds. The Labute approximate surface area is 136 Å². The second-order valence-corrected chi connectivity index (χ2v) is 9.51. The van der Waals surface area contributed by atoms with Crippen molar-refractivity contribution in [1.82, 2.24) is 0 Å². The first-order chi connectivity index (χ1) is 10.5. The van der Waals surface area contributed by atoms with Crippen molar-refractivity contribution in [3.05, 3.63) is 12.7 Å². The number of rotatable bonds is 1. The van der Waals surface area contributed by atoms with E-state index in [0.717, 1.165) is 24.2 Å². The molecule has 0 radical (unpaired) electrons. The van der Waals surface area contributed by atoms with Crippen LogP contribution in [0.25, 0.3) is 0 Å². The minimum Gasteiger partial charge on any atom is -0.393 e. The summed E-state index contributed by atoms with van der Waals surface area (Å²) in [6, 6.07) is 0. The topological polar surface area (TPSA) is 20.2 Å². The first kappa shape index (κ1) is 15.2. The molecule has 2 unspecified atom stereocenters. The Morgan fingerprint density at radius 1 is 1.00 bits per heavy atom. The van der Waals surface area contributed by atoms with Gasteiger partial charge in [0.05, 0.1) is 6.10 Å². The summed E-state index contributed by atoms with van der Waals surface area (Å²) < 4.78 is 0. The molecular formula is C21H34O. The van der Waals surface area contributed by atoms with Crippen LogP contribution in [0.1, 0.15) is 71.6 Å². The minimum atomic E-state index is -0.0791. The number of fused-ring (bicyclic) bond motifs is 5. The molecule has 4 aliphatic carbocycles. The summed E-state index contributed by atoms with van der Waals surface area (Å²) in [5, 5.41) is 10.9. The van der Waals surface area contributed by atoms with Gasteiger partial charge in [0, 0.05) is 0 Å². The van der Waals surface area contributed by atoms with E-state index in [1.54, 1.807) is 0 Å². The van der Waals surface area contributed by atoms with Crippen LogP contribution in [0.2, 0.25) is 0 Å². The van der Waals surface area contributed by atoms with Gasteiger partial charge >= 0.3 is 0 Å². The van der Waals surface area contributed by atoms with Gasteiger partial charge in [-0.3, -0.25) is 0 Å².